The number of benzene rings is 1. The first-order chi connectivity index (χ1) is 7.25. The van der Waals surface area contributed by atoms with Crippen LogP contribution in [-0.4, -0.2) is 7.05 Å². The molecule has 0 spiro atoms. The molecule has 1 aromatic carbocycles. The van der Waals surface area contributed by atoms with Crippen LogP contribution in [0.25, 0.3) is 0 Å². The predicted molar refractivity (Wildman–Crippen MR) is 57.2 cm³/mol. The summed E-state index contributed by atoms with van der Waals surface area (Å²) in [6, 6.07) is 10.3. The molecule has 0 unspecified atom stereocenters. The molecule has 3 heteroatoms. The minimum atomic E-state index is -0.208. The topological polar surface area (TPSA) is 16.4 Å². The van der Waals surface area contributed by atoms with Gasteiger partial charge in [-0.1, -0.05) is 12.1 Å². The number of furan rings is 1. The van der Waals surface area contributed by atoms with Crippen LogP contribution >= 0.6 is 0 Å². The first kappa shape index (κ1) is 9.77. The van der Waals surface area contributed by atoms with E-state index in [2.05, 4.69) is 0 Å². The lowest BCUT2D eigenvalue weighted by molar-refractivity contribution is 0.554. The maximum atomic E-state index is 12.9. The van der Waals surface area contributed by atoms with Gasteiger partial charge in [-0.15, -0.1) is 0 Å². The van der Waals surface area contributed by atoms with E-state index in [1.54, 1.807) is 12.3 Å². The van der Waals surface area contributed by atoms with Gasteiger partial charge in [0.1, 0.15) is 5.82 Å². The lowest BCUT2D eigenvalue weighted by Crippen LogP contribution is -2.15. The van der Waals surface area contributed by atoms with Crippen LogP contribution in [0.2, 0.25) is 0 Å². The van der Waals surface area contributed by atoms with Crippen LogP contribution in [0.5, 0.6) is 0 Å². The molecule has 1 aromatic heterocycles. The molecule has 0 saturated heterocycles. The zero-order chi connectivity index (χ0) is 10.7. The van der Waals surface area contributed by atoms with Crippen molar-refractivity contribution in [1.82, 2.24) is 0 Å². The molecular weight excluding hydrogens is 193 g/mol. The van der Waals surface area contributed by atoms with Crippen molar-refractivity contribution < 1.29 is 8.81 Å². The summed E-state index contributed by atoms with van der Waals surface area (Å²) in [5.41, 5.74) is 0.925. The van der Waals surface area contributed by atoms with Crippen molar-refractivity contribution in [3.05, 3.63) is 54.0 Å². The normalized spacial score (nSPS) is 10.3. The Morgan fingerprint density at radius 2 is 2.13 bits per heavy atom. The van der Waals surface area contributed by atoms with Crippen molar-refractivity contribution in [3.8, 4) is 0 Å². The van der Waals surface area contributed by atoms with Crippen LogP contribution in [-0.2, 0) is 6.54 Å². The molecule has 2 nitrogen and oxygen atoms in total. The average molecular weight is 205 g/mol. The Morgan fingerprint density at radius 1 is 1.27 bits per heavy atom. The zero-order valence-electron chi connectivity index (χ0n) is 8.48. The largest absolute Gasteiger partial charge is 0.449 e. The SMILES string of the molecule is CN(Cc1cccc(F)c1)c1ccco1. The van der Waals surface area contributed by atoms with Gasteiger partial charge in [0.05, 0.1) is 6.26 Å². The standard InChI is InChI=1S/C12H12FNO/c1-14(12-6-3-7-15-12)9-10-4-2-5-11(13)8-10/h2-8H,9H2,1H3. The van der Waals surface area contributed by atoms with E-state index in [0.29, 0.717) is 6.54 Å². The van der Waals surface area contributed by atoms with Crippen molar-refractivity contribution in [1.29, 1.82) is 0 Å². The number of hydrogen-bond donors (Lipinski definition) is 0. The van der Waals surface area contributed by atoms with Crippen LogP contribution in [0.15, 0.2) is 47.1 Å². The minimum absolute atomic E-state index is 0.208. The summed E-state index contributed by atoms with van der Waals surface area (Å²) in [6.07, 6.45) is 1.62. The smallest absolute Gasteiger partial charge is 0.195 e. The quantitative estimate of drug-likeness (QED) is 0.765. The fourth-order valence-corrected chi connectivity index (χ4v) is 1.47. The van der Waals surface area contributed by atoms with Gasteiger partial charge in [0.15, 0.2) is 5.88 Å². The lowest BCUT2D eigenvalue weighted by atomic mass is 10.2. The number of hydrogen-bond acceptors (Lipinski definition) is 2. The van der Waals surface area contributed by atoms with Crippen LogP contribution in [0.1, 0.15) is 5.56 Å². The van der Waals surface area contributed by atoms with Gasteiger partial charge in [0.2, 0.25) is 0 Å². The Bertz CT molecular complexity index is 425. The third-order valence-electron chi connectivity index (χ3n) is 2.19. The first-order valence-electron chi connectivity index (χ1n) is 4.75. The summed E-state index contributed by atoms with van der Waals surface area (Å²) >= 11 is 0. The molecule has 0 saturated carbocycles. The summed E-state index contributed by atoms with van der Waals surface area (Å²) < 4.78 is 18.1. The van der Waals surface area contributed by atoms with Gasteiger partial charge < -0.3 is 9.32 Å². The van der Waals surface area contributed by atoms with E-state index in [0.717, 1.165) is 11.4 Å². The fraction of sp³-hybridized carbons (Fsp3) is 0.167. The van der Waals surface area contributed by atoms with Crippen molar-refractivity contribution in [2.24, 2.45) is 0 Å². The molecular formula is C12H12FNO. The Balaban J connectivity index is 2.09. The van der Waals surface area contributed by atoms with E-state index < -0.39 is 0 Å². The molecule has 0 aliphatic rings. The third-order valence-corrected chi connectivity index (χ3v) is 2.19. The van der Waals surface area contributed by atoms with Gasteiger partial charge >= 0.3 is 0 Å². The van der Waals surface area contributed by atoms with Crippen molar-refractivity contribution in [2.75, 3.05) is 11.9 Å². The van der Waals surface area contributed by atoms with Gasteiger partial charge in [-0.05, 0) is 23.8 Å². The summed E-state index contributed by atoms with van der Waals surface area (Å²) in [4.78, 5) is 1.93. The third kappa shape index (κ3) is 2.37. The fourth-order valence-electron chi connectivity index (χ4n) is 1.47. The van der Waals surface area contributed by atoms with E-state index in [1.165, 1.54) is 12.1 Å². The monoisotopic (exact) mass is 205 g/mol. The Kier molecular flexibility index (Phi) is 2.72. The molecule has 0 N–H and O–H groups in total. The second kappa shape index (κ2) is 4.17. The summed E-state index contributed by atoms with van der Waals surface area (Å²) in [5, 5.41) is 0. The van der Waals surface area contributed by atoms with Gasteiger partial charge in [0, 0.05) is 19.7 Å². The van der Waals surface area contributed by atoms with E-state index in [-0.39, 0.29) is 5.82 Å². The first-order valence-corrected chi connectivity index (χ1v) is 4.75. The van der Waals surface area contributed by atoms with E-state index in [9.17, 15) is 4.39 Å². The van der Waals surface area contributed by atoms with Gasteiger partial charge in [-0.3, -0.25) is 0 Å². The summed E-state index contributed by atoms with van der Waals surface area (Å²) in [5.74, 6) is 0.569. The molecule has 15 heavy (non-hydrogen) atoms. The van der Waals surface area contributed by atoms with E-state index in [4.69, 9.17) is 4.42 Å². The zero-order valence-corrected chi connectivity index (χ0v) is 8.48. The molecule has 0 fully saturated rings. The number of anilines is 1. The molecule has 0 radical (unpaired) electrons. The second-order valence-corrected chi connectivity index (χ2v) is 3.44. The van der Waals surface area contributed by atoms with Gasteiger partial charge in [-0.25, -0.2) is 4.39 Å². The van der Waals surface area contributed by atoms with Crippen LogP contribution in [0.4, 0.5) is 10.3 Å². The molecule has 0 amide bonds. The molecule has 2 aromatic rings. The molecule has 78 valence electrons. The van der Waals surface area contributed by atoms with Crippen LogP contribution < -0.4 is 4.90 Å². The van der Waals surface area contributed by atoms with Gasteiger partial charge in [0.25, 0.3) is 0 Å². The molecule has 2 rings (SSSR count). The van der Waals surface area contributed by atoms with E-state index >= 15 is 0 Å². The van der Waals surface area contributed by atoms with Crippen LogP contribution in [0, 0.1) is 5.82 Å². The molecule has 1 heterocycles. The predicted octanol–water partition coefficient (Wildman–Crippen LogP) is 3.06. The summed E-state index contributed by atoms with van der Waals surface area (Å²) in [7, 11) is 1.91. The maximum absolute atomic E-state index is 12.9. The van der Waals surface area contributed by atoms with Crippen LogP contribution in [0.3, 0.4) is 0 Å². The van der Waals surface area contributed by atoms with Crippen molar-refractivity contribution in [3.63, 3.8) is 0 Å². The Morgan fingerprint density at radius 3 is 2.80 bits per heavy atom. The van der Waals surface area contributed by atoms with E-state index in [1.807, 2.05) is 30.1 Å². The van der Waals surface area contributed by atoms with Crippen molar-refractivity contribution >= 4 is 5.88 Å². The highest BCUT2D eigenvalue weighted by atomic mass is 19.1. The highest BCUT2D eigenvalue weighted by molar-refractivity contribution is 5.35. The number of rotatable bonds is 3. The minimum Gasteiger partial charge on any atom is -0.449 e. The molecule has 0 bridgehead atoms. The second-order valence-electron chi connectivity index (χ2n) is 3.44. The lowest BCUT2D eigenvalue weighted by Gasteiger charge is -2.15. The maximum Gasteiger partial charge on any atom is 0.195 e. The molecule has 0 atom stereocenters. The average Bonchev–Trinajstić information content (AvgIpc) is 2.70. The number of nitrogens with zero attached hydrogens (tertiary/aromatic N) is 1. The highest BCUT2D eigenvalue weighted by Gasteiger charge is 2.04. The number of halogens is 1. The molecule has 0 aliphatic heterocycles. The Hall–Kier alpha value is -1.77. The van der Waals surface area contributed by atoms with Crippen molar-refractivity contribution in [2.45, 2.75) is 6.54 Å². The Labute approximate surface area is 87.9 Å². The molecule has 0 aliphatic carbocycles. The summed E-state index contributed by atoms with van der Waals surface area (Å²) in [6.45, 7) is 0.630. The van der Waals surface area contributed by atoms with Gasteiger partial charge in [-0.2, -0.15) is 0 Å². The highest BCUT2D eigenvalue weighted by Crippen LogP contribution is 2.15.